The topological polar surface area (TPSA) is 73.3 Å². The Balaban J connectivity index is 1.89. The predicted molar refractivity (Wildman–Crippen MR) is 86.6 cm³/mol. The minimum Gasteiger partial charge on any atom is -0.465 e. The van der Waals surface area contributed by atoms with E-state index in [-0.39, 0.29) is 11.5 Å². The van der Waals surface area contributed by atoms with Crippen LogP contribution in [0.3, 0.4) is 0 Å². The molecule has 1 aliphatic rings. The van der Waals surface area contributed by atoms with Crippen LogP contribution in [0.5, 0.6) is 0 Å². The van der Waals surface area contributed by atoms with Crippen molar-refractivity contribution in [3.63, 3.8) is 0 Å². The zero-order chi connectivity index (χ0) is 16.2. The molecule has 0 atom stereocenters. The number of furan rings is 1. The summed E-state index contributed by atoms with van der Waals surface area (Å²) in [6.07, 6.45) is 7.34. The van der Waals surface area contributed by atoms with Gasteiger partial charge in [-0.05, 0) is 49.1 Å². The van der Waals surface area contributed by atoms with Gasteiger partial charge in [-0.3, -0.25) is 14.9 Å². The molecule has 1 heterocycles. The van der Waals surface area contributed by atoms with Gasteiger partial charge in [-0.2, -0.15) is 0 Å². The van der Waals surface area contributed by atoms with Crippen LogP contribution in [0, 0.1) is 10.1 Å². The summed E-state index contributed by atoms with van der Waals surface area (Å²) in [5.41, 5.74) is 2.08. The molecule has 0 spiro atoms. The Kier molecular flexibility index (Phi) is 4.19. The van der Waals surface area contributed by atoms with E-state index in [2.05, 4.69) is 0 Å². The van der Waals surface area contributed by atoms with Gasteiger partial charge in [0.25, 0.3) is 5.69 Å². The van der Waals surface area contributed by atoms with Crippen LogP contribution in [0.15, 0.2) is 58.2 Å². The number of hydrogen-bond acceptors (Lipinski definition) is 4. The smallest absolute Gasteiger partial charge is 0.270 e. The van der Waals surface area contributed by atoms with Crippen molar-refractivity contribution < 1.29 is 14.1 Å². The van der Waals surface area contributed by atoms with E-state index in [1.165, 1.54) is 12.1 Å². The molecule has 23 heavy (non-hydrogen) atoms. The number of non-ortho nitro benzene ring substituents is 1. The molecule has 2 aromatic rings. The van der Waals surface area contributed by atoms with Gasteiger partial charge < -0.3 is 4.42 Å². The fourth-order valence-electron chi connectivity index (χ4n) is 2.65. The van der Waals surface area contributed by atoms with Crippen LogP contribution >= 0.6 is 0 Å². The number of nitro benzene ring substituents is 1. The largest absolute Gasteiger partial charge is 0.465 e. The van der Waals surface area contributed by atoms with Crippen LogP contribution in [0.1, 0.15) is 30.6 Å². The fraction of sp³-hybridized carbons (Fsp3) is 0.167. The first-order valence-electron chi connectivity index (χ1n) is 7.37. The molecule has 1 aliphatic carbocycles. The minimum absolute atomic E-state index is 0.0147. The van der Waals surface area contributed by atoms with Crippen molar-refractivity contribution in [2.45, 2.75) is 19.3 Å². The van der Waals surface area contributed by atoms with Crippen LogP contribution in [0.4, 0.5) is 5.69 Å². The number of Topliss-reactive ketones (excluding diaryl/α,β-unsaturated/α-hetero) is 1. The predicted octanol–water partition coefficient (Wildman–Crippen LogP) is 4.41. The second-order valence-corrected chi connectivity index (χ2v) is 5.39. The SMILES string of the molecule is O=C1/C(=C/c2cccc([N+](=O)[O-])c2)CCC/C1=C\c1ccco1. The van der Waals surface area contributed by atoms with Crippen LogP contribution < -0.4 is 0 Å². The second kappa shape index (κ2) is 6.44. The first kappa shape index (κ1) is 15.0. The highest BCUT2D eigenvalue weighted by Gasteiger charge is 2.21. The summed E-state index contributed by atoms with van der Waals surface area (Å²) in [4.78, 5) is 23.0. The van der Waals surface area contributed by atoms with Crippen LogP contribution in [0.2, 0.25) is 0 Å². The third kappa shape index (κ3) is 3.45. The molecule has 0 amide bonds. The third-order valence-corrected chi connectivity index (χ3v) is 3.76. The molecule has 5 heteroatoms. The van der Waals surface area contributed by atoms with Gasteiger partial charge in [0.2, 0.25) is 0 Å². The Morgan fingerprint density at radius 1 is 1.09 bits per heavy atom. The Bertz CT molecular complexity index is 800. The number of nitrogens with zero attached hydrogens (tertiary/aromatic N) is 1. The number of nitro groups is 1. The summed E-state index contributed by atoms with van der Waals surface area (Å²) in [6.45, 7) is 0. The number of carbonyl (C=O) groups is 1. The van der Waals surface area contributed by atoms with Crippen molar-refractivity contribution in [3.8, 4) is 0 Å². The van der Waals surface area contributed by atoms with E-state index >= 15 is 0 Å². The van der Waals surface area contributed by atoms with E-state index in [1.807, 2.05) is 0 Å². The number of ketones is 1. The zero-order valence-corrected chi connectivity index (χ0v) is 12.4. The van der Waals surface area contributed by atoms with E-state index in [9.17, 15) is 14.9 Å². The van der Waals surface area contributed by atoms with Crippen molar-refractivity contribution >= 4 is 23.6 Å². The molecule has 0 bridgehead atoms. The maximum Gasteiger partial charge on any atom is 0.270 e. The molecule has 0 saturated heterocycles. The molecule has 1 fully saturated rings. The molecular weight excluding hydrogens is 294 g/mol. The van der Waals surface area contributed by atoms with Crippen molar-refractivity contribution in [2.75, 3.05) is 0 Å². The number of allylic oxidation sites excluding steroid dienone is 2. The Morgan fingerprint density at radius 2 is 1.87 bits per heavy atom. The van der Waals surface area contributed by atoms with E-state index < -0.39 is 4.92 Å². The first-order valence-corrected chi connectivity index (χ1v) is 7.37. The van der Waals surface area contributed by atoms with E-state index in [1.54, 1.807) is 42.7 Å². The lowest BCUT2D eigenvalue weighted by atomic mass is 9.87. The molecule has 3 rings (SSSR count). The average molecular weight is 309 g/mol. The number of hydrogen-bond donors (Lipinski definition) is 0. The molecule has 116 valence electrons. The highest BCUT2D eigenvalue weighted by Crippen LogP contribution is 2.28. The Morgan fingerprint density at radius 3 is 2.57 bits per heavy atom. The van der Waals surface area contributed by atoms with Crippen molar-refractivity contribution in [1.29, 1.82) is 0 Å². The average Bonchev–Trinajstić information content (AvgIpc) is 3.04. The molecule has 1 aromatic carbocycles. The molecule has 0 radical (unpaired) electrons. The third-order valence-electron chi connectivity index (χ3n) is 3.76. The van der Waals surface area contributed by atoms with Gasteiger partial charge in [0, 0.05) is 23.3 Å². The lowest BCUT2D eigenvalue weighted by Crippen LogP contribution is -2.12. The van der Waals surface area contributed by atoms with Crippen molar-refractivity contribution in [2.24, 2.45) is 0 Å². The van der Waals surface area contributed by atoms with Gasteiger partial charge in [0.15, 0.2) is 5.78 Å². The van der Waals surface area contributed by atoms with Crippen LogP contribution in [-0.4, -0.2) is 10.7 Å². The van der Waals surface area contributed by atoms with Gasteiger partial charge >= 0.3 is 0 Å². The molecule has 1 saturated carbocycles. The van der Waals surface area contributed by atoms with E-state index in [0.29, 0.717) is 35.3 Å². The summed E-state index contributed by atoms with van der Waals surface area (Å²) in [7, 11) is 0. The quantitative estimate of drug-likeness (QED) is 0.478. The Labute approximate surface area is 133 Å². The number of rotatable bonds is 3. The van der Waals surface area contributed by atoms with E-state index in [4.69, 9.17) is 4.42 Å². The van der Waals surface area contributed by atoms with E-state index in [0.717, 1.165) is 6.42 Å². The van der Waals surface area contributed by atoms with Gasteiger partial charge in [0.1, 0.15) is 5.76 Å². The van der Waals surface area contributed by atoms with Crippen LogP contribution in [-0.2, 0) is 4.79 Å². The number of benzene rings is 1. The highest BCUT2D eigenvalue weighted by molar-refractivity contribution is 6.13. The van der Waals surface area contributed by atoms with Gasteiger partial charge in [-0.15, -0.1) is 0 Å². The summed E-state index contributed by atoms with van der Waals surface area (Å²) in [5, 5.41) is 10.8. The molecule has 0 unspecified atom stereocenters. The summed E-state index contributed by atoms with van der Waals surface area (Å²) < 4.78 is 5.26. The maximum atomic E-state index is 12.6. The molecular formula is C18H15NO4. The van der Waals surface area contributed by atoms with Gasteiger partial charge in [0.05, 0.1) is 11.2 Å². The first-order chi connectivity index (χ1) is 11.1. The standard InChI is InChI=1S/C18H15NO4/c20-18-14(10-13-4-1-7-16(11-13)19(21)22)5-2-6-15(18)12-17-8-3-9-23-17/h1,3-4,7-12H,2,5-6H2/b14-10+,15-12+. The zero-order valence-electron chi connectivity index (χ0n) is 12.4. The normalized spacial score (nSPS) is 18.5. The molecule has 0 aliphatic heterocycles. The lowest BCUT2D eigenvalue weighted by Gasteiger charge is -2.16. The molecule has 5 nitrogen and oxygen atoms in total. The maximum absolute atomic E-state index is 12.6. The summed E-state index contributed by atoms with van der Waals surface area (Å²) >= 11 is 0. The monoisotopic (exact) mass is 309 g/mol. The summed E-state index contributed by atoms with van der Waals surface area (Å²) in [6, 6.07) is 9.88. The summed E-state index contributed by atoms with van der Waals surface area (Å²) in [5.74, 6) is 0.643. The van der Waals surface area contributed by atoms with Crippen molar-refractivity contribution in [1.82, 2.24) is 0 Å². The number of carbonyl (C=O) groups excluding carboxylic acids is 1. The second-order valence-electron chi connectivity index (χ2n) is 5.39. The van der Waals surface area contributed by atoms with Gasteiger partial charge in [-0.25, -0.2) is 0 Å². The molecule has 0 N–H and O–H groups in total. The fourth-order valence-corrected chi connectivity index (χ4v) is 2.65. The molecule has 1 aromatic heterocycles. The lowest BCUT2D eigenvalue weighted by molar-refractivity contribution is -0.384. The Hall–Kier alpha value is -2.95. The van der Waals surface area contributed by atoms with Crippen LogP contribution in [0.25, 0.3) is 12.2 Å². The highest BCUT2D eigenvalue weighted by atomic mass is 16.6. The van der Waals surface area contributed by atoms with Crippen molar-refractivity contribution in [3.05, 3.63) is 75.2 Å². The van der Waals surface area contributed by atoms with Gasteiger partial charge in [-0.1, -0.05) is 12.1 Å². The minimum atomic E-state index is -0.438.